The van der Waals surface area contributed by atoms with Crippen LogP contribution >= 0.6 is 22.6 Å². The van der Waals surface area contributed by atoms with Gasteiger partial charge in [-0.05, 0) is 59.0 Å². The van der Waals surface area contributed by atoms with Crippen molar-refractivity contribution < 1.29 is 4.74 Å². The first-order valence-corrected chi connectivity index (χ1v) is 5.99. The van der Waals surface area contributed by atoms with Gasteiger partial charge in [-0.15, -0.1) is 0 Å². The van der Waals surface area contributed by atoms with Crippen LogP contribution in [0.4, 0.5) is 0 Å². The van der Waals surface area contributed by atoms with E-state index in [1.54, 1.807) is 0 Å². The first kappa shape index (κ1) is 10.2. The molecular weight excluding hydrogens is 289 g/mol. The topological polar surface area (TPSA) is 35.2 Å². The highest BCUT2D eigenvalue weighted by Crippen LogP contribution is 2.30. The molecule has 0 unspecified atom stereocenters. The van der Waals surface area contributed by atoms with Gasteiger partial charge >= 0.3 is 0 Å². The van der Waals surface area contributed by atoms with E-state index in [0.29, 0.717) is 6.54 Å². The Bertz CT molecular complexity index is 323. The molecule has 0 saturated heterocycles. The first-order valence-electron chi connectivity index (χ1n) is 4.91. The number of rotatable bonds is 4. The number of halogens is 1. The summed E-state index contributed by atoms with van der Waals surface area (Å²) in [5.74, 6) is 1.80. The van der Waals surface area contributed by atoms with E-state index >= 15 is 0 Å². The smallest absolute Gasteiger partial charge is 0.132 e. The Balaban J connectivity index is 2.01. The Morgan fingerprint density at radius 2 is 2.21 bits per heavy atom. The van der Waals surface area contributed by atoms with Crippen LogP contribution in [0.25, 0.3) is 0 Å². The lowest BCUT2D eigenvalue weighted by molar-refractivity contribution is 0.297. The minimum absolute atomic E-state index is 0.596. The fraction of sp³-hybridized carbons (Fsp3) is 0.455. The zero-order chi connectivity index (χ0) is 9.97. The third-order valence-electron chi connectivity index (χ3n) is 2.40. The fourth-order valence-corrected chi connectivity index (χ4v) is 2.02. The number of hydrogen-bond donors (Lipinski definition) is 1. The van der Waals surface area contributed by atoms with Crippen molar-refractivity contribution in [3.05, 3.63) is 27.3 Å². The van der Waals surface area contributed by atoms with E-state index in [-0.39, 0.29) is 0 Å². The van der Waals surface area contributed by atoms with Crippen molar-refractivity contribution >= 4 is 22.6 Å². The molecule has 0 spiro atoms. The molecule has 1 aromatic carbocycles. The number of benzene rings is 1. The number of hydrogen-bond acceptors (Lipinski definition) is 2. The molecule has 0 aliphatic heterocycles. The van der Waals surface area contributed by atoms with E-state index in [4.69, 9.17) is 10.5 Å². The summed E-state index contributed by atoms with van der Waals surface area (Å²) in [5.41, 5.74) is 6.72. The molecule has 0 atom stereocenters. The zero-order valence-electron chi connectivity index (χ0n) is 8.00. The molecular formula is C11H14INO. The fourth-order valence-electron chi connectivity index (χ4n) is 1.28. The van der Waals surface area contributed by atoms with Gasteiger partial charge in [0.25, 0.3) is 0 Å². The Hall–Kier alpha value is -0.290. The van der Waals surface area contributed by atoms with Crippen LogP contribution in [0.5, 0.6) is 5.75 Å². The Morgan fingerprint density at radius 3 is 2.79 bits per heavy atom. The summed E-state index contributed by atoms with van der Waals surface area (Å²) in [7, 11) is 0. The largest absolute Gasteiger partial charge is 0.492 e. The van der Waals surface area contributed by atoms with Crippen molar-refractivity contribution in [2.24, 2.45) is 11.7 Å². The second-order valence-corrected chi connectivity index (χ2v) is 4.89. The van der Waals surface area contributed by atoms with Crippen LogP contribution in [0.3, 0.4) is 0 Å². The van der Waals surface area contributed by atoms with E-state index < -0.39 is 0 Å². The molecule has 2 nitrogen and oxygen atoms in total. The van der Waals surface area contributed by atoms with E-state index in [0.717, 1.165) is 27.4 Å². The van der Waals surface area contributed by atoms with Crippen LogP contribution in [0, 0.1) is 9.49 Å². The van der Waals surface area contributed by atoms with Gasteiger partial charge in [0.1, 0.15) is 5.75 Å². The van der Waals surface area contributed by atoms with Gasteiger partial charge in [-0.3, -0.25) is 0 Å². The summed E-state index contributed by atoms with van der Waals surface area (Å²) in [6, 6.07) is 6.14. The lowest BCUT2D eigenvalue weighted by Gasteiger charge is -2.08. The first-order chi connectivity index (χ1) is 6.79. The summed E-state index contributed by atoms with van der Waals surface area (Å²) >= 11 is 2.30. The van der Waals surface area contributed by atoms with Crippen LogP contribution in [-0.4, -0.2) is 6.61 Å². The SMILES string of the molecule is NCc1ccc(OCC2CC2)c(I)c1. The lowest BCUT2D eigenvalue weighted by Crippen LogP contribution is -2.02. The van der Waals surface area contributed by atoms with Gasteiger partial charge < -0.3 is 10.5 Å². The molecule has 1 fully saturated rings. The van der Waals surface area contributed by atoms with Crippen molar-refractivity contribution in [3.63, 3.8) is 0 Å². The third-order valence-corrected chi connectivity index (χ3v) is 3.25. The predicted molar refractivity (Wildman–Crippen MR) is 65.3 cm³/mol. The van der Waals surface area contributed by atoms with Crippen LogP contribution in [0.2, 0.25) is 0 Å². The summed E-state index contributed by atoms with van der Waals surface area (Å²) < 4.78 is 6.87. The average molecular weight is 303 g/mol. The molecule has 2 rings (SSSR count). The predicted octanol–water partition coefficient (Wildman–Crippen LogP) is 2.54. The van der Waals surface area contributed by atoms with Crippen molar-refractivity contribution in [3.8, 4) is 5.75 Å². The molecule has 1 saturated carbocycles. The monoisotopic (exact) mass is 303 g/mol. The zero-order valence-corrected chi connectivity index (χ0v) is 10.2. The molecule has 0 radical (unpaired) electrons. The lowest BCUT2D eigenvalue weighted by atomic mass is 10.2. The molecule has 0 amide bonds. The molecule has 2 N–H and O–H groups in total. The summed E-state index contributed by atoms with van der Waals surface area (Å²) in [6.45, 7) is 1.47. The third kappa shape index (κ3) is 2.60. The molecule has 0 heterocycles. The molecule has 3 heteroatoms. The van der Waals surface area contributed by atoms with Gasteiger partial charge in [-0.25, -0.2) is 0 Å². The van der Waals surface area contributed by atoms with Crippen molar-refractivity contribution in [1.82, 2.24) is 0 Å². The molecule has 0 bridgehead atoms. The highest BCUT2D eigenvalue weighted by atomic mass is 127. The normalized spacial score (nSPS) is 15.6. The summed E-state index contributed by atoms with van der Waals surface area (Å²) in [4.78, 5) is 0. The molecule has 1 aromatic rings. The standard InChI is InChI=1S/C11H14INO/c12-10-5-9(6-13)3-4-11(10)14-7-8-1-2-8/h3-5,8H,1-2,6-7,13H2. The second-order valence-electron chi connectivity index (χ2n) is 3.72. The molecule has 0 aromatic heterocycles. The van der Waals surface area contributed by atoms with Gasteiger partial charge in [0.15, 0.2) is 0 Å². The van der Waals surface area contributed by atoms with Crippen molar-refractivity contribution in [2.45, 2.75) is 19.4 Å². The Kier molecular flexibility index (Phi) is 3.28. The summed E-state index contributed by atoms with van der Waals surface area (Å²) in [6.07, 6.45) is 2.66. The van der Waals surface area contributed by atoms with E-state index in [1.807, 2.05) is 12.1 Å². The molecule has 76 valence electrons. The van der Waals surface area contributed by atoms with Gasteiger partial charge in [0.05, 0.1) is 10.2 Å². The quantitative estimate of drug-likeness (QED) is 0.868. The van der Waals surface area contributed by atoms with Gasteiger partial charge in [-0.1, -0.05) is 6.07 Å². The maximum Gasteiger partial charge on any atom is 0.132 e. The van der Waals surface area contributed by atoms with Gasteiger partial charge in [0, 0.05) is 6.54 Å². The maximum absolute atomic E-state index is 5.71. The van der Waals surface area contributed by atoms with Crippen LogP contribution in [0.1, 0.15) is 18.4 Å². The van der Waals surface area contributed by atoms with Crippen LogP contribution in [0.15, 0.2) is 18.2 Å². The maximum atomic E-state index is 5.71. The average Bonchev–Trinajstić information content (AvgIpc) is 2.99. The molecule has 1 aliphatic rings. The van der Waals surface area contributed by atoms with Gasteiger partial charge in [0.2, 0.25) is 0 Å². The number of ether oxygens (including phenoxy) is 1. The minimum atomic E-state index is 0.596. The molecule has 14 heavy (non-hydrogen) atoms. The second kappa shape index (κ2) is 4.49. The molecule has 1 aliphatic carbocycles. The Morgan fingerprint density at radius 1 is 1.43 bits per heavy atom. The minimum Gasteiger partial charge on any atom is -0.492 e. The highest BCUT2D eigenvalue weighted by Gasteiger charge is 2.22. The highest BCUT2D eigenvalue weighted by molar-refractivity contribution is 14.1. The number of nitrogens with two attached hydrogens (primary N) is 1. The van der Waals surface area contributed by atoms with Crippen molar-refractivity contribution in [2.75, 3.05) is 6.61 Å². The van der Waals surface area contributed by atoms with E-state index in [2.05, 4.69) is 28.7 Å². The van der Waals surface area contributed by atoms with Crippen LogP contribution in [-0.2, 0) is 6.54 Å². The van der Waals surface area contributed by atoms with Gasteiger partial charge in [-0.2, -0.15) is 0 Å². The van der Waals surface area contributed by atoms with Crippen molar-refractivity contribution in [1.29, 1.82) is 0 Å². The Labute approximate surface area is 98.0 Å². The van der Waals surface area contributed by atoms with E-state index in [1.165, 1.54) is 12.8 Å². The summed E-state index contributed by atoms with van der Waals surface area (Å²) in [5, 5.41) is 0. The van der Waals surface area contributed by atoms with Crippen LogP contribution < -0.4 is 10.5 Å². The van der Waals surface area contributed by atoms with E-state index in [9.17, 15) is 0 Å².